The smallest absolute Gasteiger partial charge is 0.283 e. The monoisotopic (exact) mass is 355 g/mol. The molecule has 0 spiro atoms. The fourth-order valence-corrected chi connectivity index (χ4v) is 1.97. The van der Waals surface area contributed by atoms with Crippen LogP contribution >= 0.6 is 0 Å². The first-order chi connectivity index (χ1) is 12.6. The number of hydrogen-bond donors (Lipinski definition) is 1. The van der Waals surface area contributed by atoms with Crippen LogP contribution in [0.15, 0.2) is 54.9 Å². The lowest BCUT2D eigenvalue weighted by atomic mass is 10.2. The molecule has 0 aliphatic heterocycles. The molecule has 0 saturated carbocycles. The molecule has 0 aliphatic rings. The van der Waals surface area contributed by atoms with Crippen molar-refractivity contribution >= 4 is 17.9 Å². The van der Waals surface area contributed by atoms with E-state index in [-0.39, 0.29) is 18.4 Å². The summed E-state index contributed by atoms with van der Waals surface area (Å²) < 4.78 is 5.43. The van der Waals surface area contributed by atoms with E-state index in [4.69, 9.17) is 9.57 Å². The molecule has 0 radical (unpaired) electrons. The number of carbonyl (C=O) groups is 2. The van der Waals surface area contributed by atoms with Crippen molar-refractivity contribution in [2.24, 2.45) is 0 Å². The third kappa shape index (κ3) is 6.37. The minimum Gasteiger partial charge on any atom is -0.484 e. The molecule has 1 heterocycles. The average Bonchev–Trinajstić information content (AvgIpc) is 2.69. The van der Waals surface area contributed by atoms with Crippen LogP contribution in [0.5, 0.6) is 5.75 Å². The van der Waals surface area contributed by atoms with Crippen molar-refractivity contribution in [2.75, 3.05) is 20.8 Å². The molecule has 1 aromatic carbocycles. The van der Waals surface area contributed by atoms with Gasteiger partial charge in [0.1, 0.15) is 5.75 Å². The van der Waals surface area contributed by atoms with E-state index in [0.29, 0.717) is 12.3 Å². The average molecular weight is 355 g/mol. The molecule has 0 unspecified atom stereocenters. The Balaban J connectivity index is 1.85. The van der Waals surface area contributed by atoms with Crippen molar-refractivity contribution in [1.29, 1.82) is 0 Å². The highest BCUT2D eigenvalue weighted by molar-refractivity contribution is 5.91. The Kier molecular flexibility index (Phi) is 7.32. The van der Waals surface area contributed by atoms with E-state index < -0.39 is 0 Å². The van der Waals surface area contributed by atoms with Crippen LogP contribution in [0.3, 0.4) is 0 Å². The van der Waals surface area contributed by atoms with Gasteiger partial charge in [0, 0.05) is 32.1 Å². The molecule has 136 valence electrons. The molecule has 2 aromatic rings. The largest absolute Gasteiger partial charge is 0.484 e. The molecular formula is C19H21N3O4. The lowest BCUT2D eigenvalue weighted by Gasteiger charge is -2.14. The molecule has 1 aromatic heterocycles. The van der Waals surface area contributed by atoms with Crippen LogP contribution in [0.25, 0.3) is 6.08 Å². The quantitative estimate of drug-likeness (QED) is 0.577. The molecule has 0 atom stereocenters. The van der Waals surface area contributed by atoms with Crippen LogP contribution < -0.4 is 10.1 Å². The first-order valence-corrected chi connectivity index (χ1v) is 7.97. The Bertz CT molecular complexity index is 762. The second kappa shape index (κ2) is 9.95. The minimum absolute atomic E-state index is 0.136. The number of nitrogens with zero attached hydrogens (tertiary/aromatic N) is 2. The number of likely N-dealkylation sites (N-methyl/N-ethyl adjacent to an activating group) is 1. The third-order valence-electron chi connectivity index (χ3n) is 3.46. The number of carbonyl (C=O) groups excluding carboxylic acids is 2. The predicted molar refractivity (Wildman–Crippen MR) is 96.8 cm³/mol. The molecule has 2 amide bonds. The zero-order chi connectivity index (χ0) is 18.8. The van der Waals surface area contributed by atoms with E-state index in [0.717, 1.165) is 16.2 Å². The van der Waals surface area contributed by atoms with Crippen LogP contribution in [0.2, 0.25) is 0 Å². The SMILES string of the molecule is CON(C)C(=O)COc1cccc(C=CC(=O)NCc2cccnc2)c1. The highest BCUT2D eigenvalue weighted by Crippen LogP contribution is 2.14. The number of rotatable bonds is 8. The van der Waals surface area contributed by atoms with Crippen molar-refractivity contribution in [3.8, 4) is 5.75 Å². The van der Waals surface area contributed by atoms with Crippen molar-refractivity contribution < 1.29 is 19.2 Å². The molecule has 1 N–H and O–H groups in total. The zero-order valence-electron chi connectivity index (χ0n) is 14.7. The van der Waals surface area contributed by atoms with Gasteiger partial charge in [0.05, 0.1) is 7.11 Å². The number of amides is 2. The Morgan fingerprint density at radius 3 is 2.85 bits per heavy atom. The normalized spacial score (nSPS) is 10.5. The lowest BCUT2D eigenvalue weighted by Crippen LogP contribution is -2.30. The van der Waals surface area contributed by atoms with Gasteiger partial charge in [-0.15, -0.1) is 0 Å². The van der Waals surface area contributed by atoms with Crippen LogP contribution in [0.1, 0.15) is 11.1 Å². The van der Waals surface area contributed by atoms with Crippen molar-refractivity contribution in [3.63, 3.8) is 0 Å². The molecule has 2 rings (SSSR count). The van der Waals surface area contributed by atoms with Crippen molar-refractivity contribution in [2.45, 2.75) is 6.54 Å². The lowest BCUT2D eigenvalue weighted by molar-refractivity contribution is -0.170. The fraction of sp³-hybridized carbons (Fsp3) is 0.211. The van der Waals surface area contributed by atoms with Crippen LogP contribution in [0, 0.1) is 0 Å². The second-order valence-corrected chi connectivity index (χ2v) is 5.35. The van der Waals surface area contributed by atoms with Crippen LogP contribution in [-0.2, 0) is 21.0 Å². The fourth-order valence-electron chi connectivity index (χ4n) is 1.97. The van der Waals surface area contributed by atoms with Gasteiger partial charge < -0.3 is 10.1 Å². The molecule has 7 heteroatoms. The van der Waals surface area contributed by atoms with Gasteiger partial charge in [-0.2, -0.15) is 0 Å². The van der Waals surface area contributed by atoms with E-state index >= 15 is 0 Å². The maximum atomic E-state index is 11.9. The summed E-state index contributed by atoms with van der Waals surface area (Å²) in [5, 5.41) is 3.88. The van der Waals surface area contributed by atoms with Gasteiger partial charge >= 0.3 is 0 Å². The van der Waals surface area contributed by atoms with Crippen LogP contribution in [-0.4, -0.2) is 42.6 Å². The van der Waals surface area contributed by atoms with E-state index in [1.54, 1.807) is 36.7 Å². The van der Waals surface area contributed by atoms with E-state index in [2.05, 4.69) is 10.3 Å². The molecule has 7 nitrogen and oxygen atoms in total. The summed E-state index contributed by atoms with van der Waals surface area (Å²) in [7, 11) is 2.91. The summed E-state index contributed by atoms with van der Waals surface area (Å²) in [6.07, 6.45) is 6.50. The zero-order valence-corrected chi connectivity index (χ0v) is 14.7. The highest BCUT2D eigenvalue weighted by atomic mass is 16.7. The van der Waals surface area contributed by atoms with Gasteiger partial charge in [0.2, 0.25) is 5.91 Å². The first-order valence-electron chi connectivity index (χ1n) is 7.97. The van der Waals surface area contributed by atoms with Gasteiger partial charge in [0.15, 0.2) is 6.61 Å². The van der Waals surface area contributed by atoms with E-state index in [9.17, 15) is 9.59 Å². The van der Waals surface area contributed by atoms with Gasteiger partial charge in [-0.1, -0.05) is 18.2 Å². The van der Waals surface area contributed by atoms with Gasteiger partial charge in [-0.25, -0.2) is 5.06 Å². The maximum Gasteiger partial charge on any atom is 0.283 e. The van der Waals surface area contributed by atoms with E-state index in [1.807, 2.05) is 18.2 Å². The van der Waals surface area contributed by atoms with E-state index in [1.165, 1.54) is 20.2 Å². The van der Waals surface area contributed by atoms with Gasteiger partial charge in [-0.3, -0.25) is 19.4 Å². The Morgan fingerprint density at radius 2 is 2.12 bits per heavy atom. The van der Waals surface area contributed by atoms with Gasteiger partial charge in [0.25, 0.3) is 5.91 Å². The highest BCUT2D eigenvalue weighted by Gasteiger charge is 2.08. The number of hydroxylamine groups is 2. The Morgan fingerprint density at radius 1 is 1.27 bits per heavy atom. The molecular weight excluding hydrogens is 334 g/mol. The van der Waals surface area contributed by atoms with Crippen molar-refractivity contribution in [3.05, 3.63) is 66.0 Å². The molecule has 0 fully saturated rings. The summed E-state index contributed by atoms with van der Waals surface area (Å²) >= 11 is 0. The topological polar surface area (TPSA) is 80.8 Å². The Hall–Kier alpha value is -3.19. The molecule has 26 heavy (non-hydrogen) atoms. The first kappa shape index (κ1) is 19.1. The number of aromatic nitrogens is 1. The number of pyridine rings is 1. The molecule has 0 aliphatic carbocycles. The summed E-state index contributed by atoms with van der Waals surface area (Å²) in [5.41, 5.74) is 1.71. The minimum atomic E-state index is -0.303. The van der Waals surface area contributed by atoms with Crippen molar-refractivity contribution in [1.82, 2.24) is 15.4 Å². The number of nitrogens with one attached hydrogen (secondary N) is 1. The standard InChI is InChI=1S/C19H21N3O4/c1-22(25-2)19(24)14-26-17-7-3-5-15(11-17)8-9-18(23)21-13-16-6-4-10-20-12-16/h3-12H,13-14H2,1-2H3,(H,21,23). The molecule has 0 bridgehead atoms. The number of hydrogen-bond acceptors (Lipinski definition) is 5. The summed E-state index contributed by atoms with van der Waals surface area (Å²) in [6.45, 7) is 0.276. The second-order valence-electron chi connectivity index (χ2n) is 5.35. The summed E-state index contributed by atoms with van der Waals surface area (Å²) in [4.78, 5) is 32.3. The molecule has 0 saturated heterocycles. The predicted octanol–water partition coefficient (Wildman–Crippen LogP) is 1.81. The number of ether oxygens (including phenoxy) is 1. The number of benzene rings is 1. The summed E-state index contributed by atoms with van der Waals surface area (Å²) in [6, 6.07) is 10.8. The summed E-state index contributed by atoms with van der Waals surface area (Å²) in [5.74, 6) is 0.0149. The van der Waals surface area contributed by atoms with Crippen LogP contribution in [0.4, 0.5) is 0 Å². The Labute approximate surface area is 152 Å². The third-order valence-corrected chi connectivity index (χ3v) is 3.46. The van der Waals surface area contributed by atoms with Gasteiger partial charge in [-0.05, 0) is 35.4 Å². The maximum absolute atomic E-state index is 11.9.